The fourth-order valence-corrected chi connectivity index (χ4v) is 1.67. The zero-order valence-corrected chi connectivity index (χ0v) is 13.3. The highest BCUT2D eigenvalue weighted by Crippen LogP contribution is 2.19. The van der Waals surface area contributed by atoms with Gasteiger partial charge in [0.25, 0.3) is 0 Å². The predicted molar refractivity (Wildman–Crippen MR) is 83.5 cm³/mol. The van der Waals surface area contributed by atoms with Crippen LogP contribution in [0.3, 0.4) is 0 Å². The number of carbonyl (C=O) groups excluding carboxylic acids is 1. The molecule has 0 heterocycles. The molecule has 1 atom stereocenters. The van der Waals surface area contributed by atoms with E-state index >= 15 is 0 Å². The number of methoxy groups -OCH3 is 1. The van der Waals surface area contributed by atoms with Crippen molar-refractivity contribution in [2.75, 3.05) is 20.3 Å². The normalized spacial score (nSPS) is 12.6. The molecule has 0 unspecified atom stereocenters. The van der Waals surface area contributed by atoms with Crippen molar-refractivity contribution < 1.29 is 14.3 Å². The van der Waals surface area contributed by atoms with Gasteiger partial charge in [0.2, 0.25) is 5.91 Å². The molecule has 0 aromatic heterocycles. The third-order valence-electron chi connectivity index (χ3n) is 3.15. The molecule has 0 saturated heterocycles. The van der Waals surface area contributed by atoms with E-state index in [-0.39, 0.29) is 11.3 Å². The van der Waals surface area contributed by atoms with Crippen molar-refractivity contribution in [3.05, 3.63) is 24.3 Å². The van der Waals surface area contributed by atoms with Crippen LogP contribution in [0.15, 0.2) is 24.3 Å². The largest absolute Gasteiger partial charge is 0.497 e. The highest BCUT2D eigenvalue weighted by Gasteiger charge is 2.26. The minimum absolute atomic E-state index is 0.121. The van der Waals surface area contributed by atoms with E-state index < -0.39 is 6.04 Å². The molecule has 0 aliphatic rings. The number of carbonyl (C=O) groups is 1. The summed E-state index contributed by atoms with van der Waals surface area (Å²) < 4.78 is 10.7. The molecule has 0 radical (unpaired) electrons. The molecule has 118 valence electrons. The summed E-state index contributed by atoms with van der Waals surface area (Å²) in [6, 6.07) is 6.93. The summed E-state index contributed by atoms with van der Waals surface area (Å²) in [6.07, 6.45) is 0.722. The van der Waals surface area contributed by atoms with E-state index in [4.69, 9.17) is 15.2 Å². The summed E-state index contributed by atoms with van der Waals surface area (Å²) in [7, 11) is 1.62. The van der Waals surface area contributed by atoms with E-state index in [2.05, 4.69) is 5.32 Å². The van der Waals surface area contributed by atoms with Gasteiger partial charge in [0.15, 0.2) is 0 Å². The maximum absolute atomic E-state index is 11.8. The zero-order valence-electron chi connectivity index (χ0n) is 13.3. The minimum Gasteiger partial charge on any atom is -0.497 e. The second kappa shape index (κ2) is 7.88. The maximum atomic E-state index is 11.8. The molecule has 0 fully saturated rings. The lowest BCUT2D eigenvalue weighted by molar-refractivity contribution is -0.124. The van der Waals surface area contributed by atoms with Crippen molar-refractivity contribution in [2.45, 2.75) is 33.2 Å². The predicted octanol–water partition coefficient (Wildman–Crippen LogP) is 1.95. The van der Waals surface area contributed by atoms with Gasteiger partial charge in [-0.15, -0.1) is 0 Å². The van der Waals surface area contributed by atoms with Crippen molar-refractivity contribution in [3.63, 3.8) is 0 Å². The van der Waals surface area contributed by atoms with Gasteiger partial charge in [-0.3, -0.25) is 4.79 Å². The first-order valence-corrected chi connectivity index (χ1v) is 7.14. The molecule has 0 aliphatic carbocycles. The fourth-order valence-electron chi connectivity index (χ4n) is 1.67. The molecular formula is C16H26N2O3. The van der Waals surface area contributed by atoms with Crippen LogP contribution in [0.4, 0.5) is 0 Å². The number of benzene rings is 1. The first kappa shape index (κ1) is 17.3. The van der Waals surface area contributed by atoms with E-state index in [1.54, 1.807) is 7.11 Å². The molecule has 0 saturated carbocycles. The summed E-state index contributed by atoms with van der Waals surface area (Å²) in [4.78, 5) is 11.8. The zero-order chi connectivity index (χ0) is 15.9. The van der Waals surface area contributed by atoms with Crippen molar-refractivity contribution >= 4 is 5.91 Å². The van der Waals surface area contributed by atoms with E-state index in [0.717, 1.165) is 17.9 Å². The molecule has 1 aromatic rings. The summed E-state index contributed by atoms with van der Waals surface area (Å²) in [5.41, 5.74) is 5.64. The Kier molecular flexibility index (Phi) is 6.49. The van der Waals surface area contributed by atoms with Crippen LogP contribution < -0.4 is 20.5 Å². The summed E-state index contributed by atoms with van der Waals surface area (Å²) >= 11 is 0. The van der Waals surface area contributed by atoms with E-state index in [1.807, 2.05) is 45.0 Å². The van der Waals surface area contributed by atoms with Crippen LogP contribution in [0.2, 0.25) is 0 Å². The van der Waals surface area contributed by atoms with Crippen LogP contribution in [0, 0.1) is 5.41 Å². The molecular weight excluding hydrogens is 268 g/mol. The lowest BCUT2D eigenvalue weighted by Gasteiger charge is -2.25. The second-order valence-electron chi connectivity index (χ2n) is 6.02. The molecule has 5 nitrogen and oxygen atoms in total. The van der Waals surface area contributed by atoms with Gasteiger partial charge in [0, 0.05) is 12.6 Å². The first-order valence-electron chi connectivity index (χ1n) is 7.14. The van der Waals surface area contributed by atoms with Crippen molar-refractivity contribution in [1.29, 1.82) is 0 Å². The van der Waals surface area contributed by atoms with Crippen LogP contribution in [0.5, 0.6) is 11.5 Å². The Morgan fingerprint density at radius 1 is 1.33 bits per heavy atom. The van der Waals surface area contributed by atoms with Gasteiger partial charge >= 0.3 is 0 Å². The Morgan fingerprint density at radius 2 is 2.00 bits per heavy atom. The van der Waals surface area contributed by atoms with Crippen LogP contribution in [-0.2, 0) is 4.79 Å². The first-order chi connectivity index (χ1) is 9.84. The Hall–Kier alpha value is -1.75. The topological polar surface area (TPSA) is 73.6 Å². The van der Waals surface area contributed by atoms with Crippen molar-refractivity contribution in [2.24, 2.45) is 11.1 Å². The molecule has 5 heteroatoms. The molecule has 21 heavy (non-hydrogen) atoms. The molecule has 1 amide bonds. The molecule has 3 N–H and O–H groups in total. The number of amides is 1. The van der Waals surface area contributed by atoms with Crippen LogP contribution in [0.25, 0.3) is 0 Å². The van der Waals surface area contributed by atoms with Crippen LogP contribution >= 0.6 is 0 Å². The number of nitrogens with two attached hydrogens (primary N) is 1. The standard InChI is InChI=1S/C16H26N2O3/c1-16(2,3)14(17)15(19)18-9-6-10-21-13-8-5-7-12(11-13)20-4/h5,7-8,11,14H,6,9-10,17H2,1-4H3,(H,18,19)/t14-/m1/s1. The Bertz CT molecular complexity index is 455. The SMILES string of the molecule is COc1cccc(OCCCNC(=O)[C@@H](N)C(C)(C)C)c1. The van der Waals surface area contributed by atoms with Gasteiger partial charge in [-0.25, -0.2) is 0 Å². The Balaban J connectivity index is 2.24. The number of rotatable bonds is 7. The lowest BCUT2D eigenvalue weighted by atomic mass is 9.87. The summed E-state index contributed by atoms with van der Waals surface area (Å²) in [6.45, 7) is 6.92. The third-order valence-corrected chi connectivity index (χ3v) is 3.15. The van der Waals surface area contributed by atoms with Gasteiger partial charge in [0.05, 0.1) is 19.8 Å². The summed E-state index contributed by atoms with van der Waals surface area (Å²) in [5.74, 6) is 1.40. The lowest BCUT2D eigenvalue weighted by Crippen LogP contribution is -2.48. The van der Waals surface area contributed by atoms with Crippen molar-refractivity contribution in [3.8, 4) is 11.5 Å². The summed E-state index contributed by atoms with van der Waals surface area (Å²) in [5, 5.41) is 2.83. The molecule has 0 bridgehead atoms. The van der Waals surface area contributed by atoms with Crippen LogP contribution in [-0.4, -0.2) is 32.2 Å². The van der Waals surface area contributed by atoms with E-state index in [1.165, 1.54) is 0 Å². The number of hydrogen-bond donors (Lipinski definition) is 2. The van der Waals surface area contributed by atoms with Gasteiger partial charge in [-0.1, -0.05) is 26.8 Å². The van der Waals surface area contributed by atoms with Crippen LogP contribution in [0.1, 0.15) is 27.2 Å². The fraction of sp³-hybridized carbons (Fsp3) is 0.562. The highest BCUT2D eigenvalue weighted by atomic mass is 16.5. The average Bonchev–Trinajstić information content (AvgIpc) is 2.45. The minimum atomic E-state index is -0.503. The van der Waals surface area contributed by atoms with Gasteiger partial charge in [-0.2, -0.15) is 0 Å². The number of hydrogen-bond acceptors (Lipinski definition) is 4. The van der Waals surface area contributed by atoms with Crippen molar-refractivity contribution in [1.82, 2.24) is 5.32 Å². The molecule has 1 rings (SSSR count). The maximum Gasteiger partial charge on any atom is 0.237 e. The van der Waals surface area contributed by atoms with Gasteiger partial charge in [0.1, 0.15) is 11.5 Å². The molecule has 1 aromatic carbocycles. The average molecular weight is 294 g/mol. The smallest absolute Gasteiger partial charge is 0.237 e. The highest BCUT2D eigenvalue weighted by molar-refractivity contribution is 5.82. The Labute approximate surface area is 126 Å². The molecule has 0 spiro atoms. The van der Waals surface area contributed by atoms with Gasteiger partial charge in [-0.05, 0) is 24.0 Å². The van der Waals surface area contributed by atoms with Gasteiger partial charge < -0.3 is 20.5 Å². The quantitative estimate of drug-likeness (QED) is 0.754. The third kappa shape index (κ3) is 6.04. The van der Waals surface area contributed by atoms with E-state index in [0.29, 0.717) is 13.2 Å². The number of ether oxygens (including phenoxy) is 2. The monoisotopic (exact) mass is 294 g/mol. The number of nitrogens with one attached hydrogen (secondary N) is 1. The second-order valence-corrected chi connectivity index (χ2v) is 6.02. The molecule has 0 aliphatic heterocycles. The Morgan fingerprint density at radius 3 is 2.62 bits per heavy atom. The van der Waals surface area contributed by atoms with E-state index in [9.17, 15) is 4.79 Å².